The Balaban J connectivity index is -0.0000000941. The standard InChI is InChI=1S/C5H8O4.H4N2.2H2O/c6-4(7)2-1-3-5(8)9;1-2;;/h1-3H2,(H,6,7)(H,8,9);1-2H2;2*1H2. The molecule has 8 heteroatoms. The van der Waals surface area contributed by atoms with Crippen LogP contribution in [0.3, 0.4) is 0 Å². The summed E-state index contributed by atoms with van der Waals surface area (Å²) in [7, 11) is 0. The first kappa shape index (κ1) is 22.6. The summed E-state index contributed by atoms with van der Waals surface area (Å²) in [4.78, 5) is 19.6. The lowest BCUT2D eigenvalue weighted by Crippen LogP contribution is -2.02. The quantitative estimate of drug-likeness (QED) is 0.286. The van der Waals surface area contributed by atoms with Crippen molar-refractivity contribution in [2.45, 2.75) is 19.3 Å². The molecule has 0 bridgehead atoms. The van der Waals surface area contributed by atoms with Crippen molar-refractivity contribution in [3.05, 3.63) is 0 Å². The molecule has 10 N–H and O–H groups in total. The van der Waals surface area contributed by atoms with Crippen LogP contribution in [0.5, 0.6) is 0 Å². The molecule has 0 atom stereocenters. The molecule has 8 nitrogen and oxygen atoms in total. The number of nitrogens with two attached hydrogens (primary N) is 2. The Morgan fingerprint density at radius 3 is 1.31 bits per heavy atom. The summed E-state index contributed by atoms with van der Waals surface area (Å²) < 4.78 is 0. The first-order valence-corrected chi connectivity index (χ1v) is 2.90. The van der Waals surface area contributed by atoms with E-state index >= 15 is 0 Å². The number of hydrogen-bond donors (Lipinski definition) is 4. The maximum Gasteiger partial charge on any atom is 0.303 e. The minimum atomic E-state index is -0.948. The molecule has 0 aromatic rings. The van der Waals surface area contributed by atoms with Gasteiger partial charge in [-0.3, -0.25) is 21.3 Å². The largest absolute Gasteiger partial charge is 0.481 e. The van der Waals surface area contributed by atoms with E-state index in [1.807, 2.05) is 0 Å². The number of carbonyl (C=O) groups is 2. The molecule has 0 unspecified atom stereocenters. The Morgan fingerprint density at radius 1 is 0.923 bits per heavy atom. The van der Waals surface area contributed by atoms with E-state index in [0.29, 0.717) is 0 Å². The Bertz CT molecular complexity index is 114. The van der Waals surface area contributed by atoms with Gasteiger partial charge in [0.1, 0.15) is 0 Å². The molecule has 0 heterocycles. The summed E-state index contributed by atoms with van der Waals surface area (Å²) in [6.45, 7) is 0. The molecule has 0 fully saturated rings. The van der Waals surface area contributed by atoms with Crippen LogP contribution in [0.4, 0.5) is 0 Å². The van der Waals surface area contributed by atoms with Crippen LogP contribution in [0, 0.1) is 0 Å². The molecule has 0 rings (SSSR count). The van der Waals surface area contributed by atoms with Gasteiger partial charge < -0.3 is 21.2 Å². The molecule has 0 saturated heterocycles. The lowest BCUT2D eigenvalue weighted by atomic mass is 10.2. The molecule has 0 amide bonds. The third kappa shape index (κ3) is 36.4. The van der Waals surface area contributed by atoms with Crippen molar-refractivity contribution in [3.63, 3.8) is 0 Å². The summed E-state index contributed by atoms with van der Waals surface area (Å²) >= 11 is 0. The van der Waals surface area contributed by atoms with Crippen molar-refractivity contribution < 1.29 is 30.8 Å². The fourth-order valence-corrected chi connectivity index (χ4v) is 0.391. The second-order valence-electron chi connectivity index (χ2n) is 1.64. The van der Waals surface area contributed by atoms with Gasteiger partial charge in [0.05, 0.1) is 0 Å². The van der Waals surface area contributed by atoms with E-state index in [4.69, 9.17) is 10.2 Å². The van der Waals surface area contributed by atoms with Crippen LogP contribution in [-0.2, 0) is 9.59 Å². The molecule has 13 heavy (non-hydrogen) atoms. The van der Waals surface area contributed by atoms with Crippen LogP contribution in [-0.4, -0.2) is 33.1 Å². The SMILES string of the molecule is NN.O.O.O=C(O)CCCC(=O)O. The lowest BCUT2D eigenvalue weighted by molar-refractivity contribution is -0.138. The van der Waals surface area contributed by atoms with Crippen molar-refractivity contribution in [1.29, 1.82) is 0 Å². The highest BCUT2D eigenvalue weighted by atomic mass is 16.4. The van der Waals surface area contributed by atoms with Crippen LogP contribution < -0.4 is 11.7 Å². The summed E-state index contributed by atoms with van der Waals surface area (Å²) in [6.07, 6.45) is 0.0866. The number of hydrazine groups is 1. The normalized spacial score (nSPS) is 6.62. The predicted octanol–water partition coefficient (Wildman–Crippen LogP) is -2.50. The van der Waals surface area contributed by atoms with Crippen LogP contribution in [0.2, 0.25) is 0 Å². The van der Waals surface area contributed by atoms with E-state index in [0.717, 1.165) is 0 Å². The number of rotatable bonds is 4. The van der Waals surface area contributed by atoms with E-state index < -0.39 is 11.9 Å². The zero-order valence-electron chi connectivity index (χ0n) is 6.99. The van der Waals surface area contributed by atoms with Gasteiger partial charge in [-0.1, -0.05) is 0 Å². The zero-order valence-corrected chi connectivity index (χ0v) is 6.99. The highest BCUT2D eigenvalue weighted by Gasteiger charge is 1.99. The molecule has 0 saturated carbocycles. The molecule has 0 aromatic heterocycles. The van der Waals surface area contributed by atoms with Crippen molar-refractivity contribution in [1.82, 2.24) is 0 Å². The van der Waals surface area contributed by atoms with Gasteiger partial charge in [0.15, 0.2) is 0 Å². The average molecular weight is 200 g/mol. The molecule has 0 aliphatic heterocycles. The fraction of sp³-hybridized carbons (Fsp3) is 0.600. The maximum absolute atomic E-state index is 9.79. The van der Waals surface area contributed by atoms with Gasteiger partial charge in [0, 0.05) is 12.8 Å². The maximum atomic E-state index is 9.79. The van der Waals surface area contributed by atoms with Gasteiger partial charge >= 0.3 is 11.9 Å². The summed E-state index contributed by atoms with van der Waals surface area (Å²) in [5.41, 5.74) is 0. The second-order valence-corrected chi connectivity index (χ2v) is 1.64. The van der Waals surface area contributed by atoms with E-state index in [2.05, 4.69) is 11.7 Å². The Hall–Kier alpha value is -1.22. The lowest BCUT2D eigenvalue weighted by Gasteiger charge is -1.89. The van der Waals surface area contributed by atoms with E-state index in [1.54, 1.807) is 0 Å². The van der Waals surface area contributed by atoms with Crippen molar-refractivity contribution in [2.24, 2.45) is 11.7 Å². The summed E-state index contributed by atoms with van der Waals surface area (Å²) in [6, 6.07) is 0. The van der Waals surface area contributed by atoms with E-state index in [9.17, 15) is 9.59 Å². The molecule has 0 aliphatic rings. The van der Waals surface area contributed by atoms with Crippen LogP contribution >= 0.6 is 0 Å². The molecular formula is C5H16N2O6. The van der Waals surface area contributed by atoms with Crippen molar-refractivity contribution in [2.75, 3.05) is 0 Å². The number of aliphatic carboxylic acids is 2. The van der Waals surface area contributed by atoms with Gasteiger partial charge in [-0.25, -0.2) is 0 Å². The average Bonchev–Trinajstić information content (AvgIpc) is 1.90. The van der Waals surface area contributed by atoms with Crippen LogP contribution in [0.25, 0.3) is 0 Å². The van der Waals surface area contributed by atoms with Gasteiger partial charge in [-0.15, -0.1) is 0 Å². The minimum absolute atomic E-state index is 0. The Morgan fingerprint density at radius 2 is 1.15 bits per heavy atom. The number of carboxylic acid groups (broad SMARTS) is 2. The topological polar surface area (TPSA) is 190 Å². The molecular weight excluding hydrogens is 184 g/mol. The Kier molecular flexibility index (Phi) is 29.6. The number of carboxylic acids is 2. The van der Waals surface area contributed by atoms with Crippen molar-refractivity contribution in [3.8, 4) is 0 Å². The van der Waals surface area contributed by atoms with Crippen LogP contribution in [0.1, 0.15) is 19.3 Å². The van der Waals surface area contributed by atoms with Gasteiger partial charge in [-0.2, -0.15) is 0 Å². The third-order valence-corrected chi connectivity index (χ3v) is 0.781. The first-order chi connectivity index (χ1) is 5.13. The smallest absolute Gasteiger partial charge is 0.303 e. The van der Waals surface area contributed by atoms with E-state index in [1.165, 1.54) is 0 Å². The monoisotopic (exact) mass is 200 g/mol. The molecule has 0 spiro atoms. The minimum Gasteiger partial charge on any atom is -0.481 e. The summed E-state index contributed by atoms with van der Waals surface area (Å²) in [5.74, 6) is 6.10. The number of hydrogen-bond acceptors (Lipinski definition) is 4. The van der Waals surface area contributed by atoms with Gasteiger partial charge in [0.2, 0.25) is 0 Å². The highest BCUT2D eigenvalue weighted by Crippen LogP contribution is 1.93. The molecule has 0 radical (unpaired) electrons. The molecule has 82 valence electrons. The Labute approximate surface area is 74.7 Å². The third-order valence-electron chi connectivity index (χ3n) is 0.781. The van der Waals surface area contributed by atoms with Crippen LogP contribution in [0.15, 0.2) is 0 Å². The van der Waals surface area contributed by atoms with Gasteiger partial charge in [0.25, 0.3) is 0 Å². The van der Waals surface area contributed by atoms with Gasteiger partial charge in [-0.05, 0) is 6.42 Å². The van der Waals surface area contributed by atoms with E-state index in [-0.39, 0.29) is 30.2 Å². The summed E-state index contributed by atoms with van der Waals surface area (Å²) in [5, 5.41) is 16.1. The van der Waals surface area contributed by atoms with Crippen molar-refractivity contribution >= 4 is 11.9 Å². The molecule has 0 aromatic carbocycles. The second kappa shape index (κ2) is 17.0. The highest BCUT2D eigenvalue weighted by molar-refractivity contribution is 5.69. The first-order valence-electron chi connectivity index (χ1n) is 2.90. The molecule has 0 aliphatic carbocycles. The fourth-order valence-electron chi connectivity index (χ4n) is 0.391. The predicted molar refractivity (Wildman–Crippen MR) is 44.7 cm³/mol. The zero-order chi connectivity index (χ0) is 9.28.